The van der Waals surface area contributed by atoms with Crippen LogP contribution in [0.4, 0.5) is 0 Å². The fraction of sp³-hybridized carbons (Fsp3) is 0.200. The van der Waals surface area contributed by atoms with Gasteiger partial charge in [-0.05, 0) is 17.7 Å². The van der Waals surface area contributed by atoms with Crippen LogP contribution in [0.15, 0.2) is 53.3 Å². The molecule has 0 aliphatic rings. The largest absolute Gasteiger partial charge is 0.348 e. The number of aromatic amines is 1. The Morgan fingerprint density at radius 1 is 1.15 bits per heavy atom. The zero-order valence-corrected chi connectivity index (χ0v) is 15.8. The molecule has 0 spiro atoms. The van der Waals surface area contributed by atoms with Crippen molar-refractivity contribution in [2.24, 2.45) is 0 Å². The van der Waals surface area contributed by atoms with E-state index in [9.17, 15) is 9.59 Å². The van der Waals surface area contributed by atoms with Crippen molar-refractivity contribution < 1.29 is 4.79 Å². The fourth-order valence-electron chi connectivity index (χ4n) is 2.71. The van der Waals surface area contributed by atoms with E-state index in [-0.39, 0.29) is 5.91 Å². The highest BCUT2D eigenvalue weighted by molar-refractivity contribution is 6.33. The average molecular weight is 383 g/mol. The van der Waals surface area contributed by atoms with Gasteiger partial charge in [-0.15, -0.1) is 0 Å². The van der Waals surface area contributed by atoms with Gasteiger partial charge in [-0.25, -0.2) is 9.78 Å². The van der Waals surface area contributed by atoms with E-state index < -0.39 is 5.69 Å². The molecule has 0 saturated carbocycles. The molecule has 0 aliphatic heterocycles. The summed E-state index contributed by atoms with van der Waals surface area (Å²) in [7, 11) is 1.75. The average Bonchev–Trinajstić information content (AvgIpc) is 2.69. The standard InChI is InChI=1S/C20H19ClN4O2/c1-3-17(26)25(2)12-13-9-10-16(21)15(11-13)19-22-18(23-20(27)24-19)14-7-5-4-6-8-14/h4-11H,3,12H2,1-2H3,(H,22,23,24,27). The molecule has 7 heteroatoms. The Morgan fingerprint density at radius 2 is 1.89 bits per heavy atom. The Morgan fingerprint density at radius 3 is 2.59 bits per heavy atom. The quantitative estimate of drug-likeness (QED) is 0.732. The third-order valence-electron chi connectivity index (χ3n) is 4.12. The van der Waals surface area contributed by atoms with Gasteiger partial charge in [-0.2, -0.15) is 4.98 Å². The number of nitrogens with one attached hydrogen (secondary N) is 1. The minimum atomic E-state index is -0.501. The van der Waals surface area contributed by atoms with Crippen LogP contribution in [0.3, 0.4) is 0 Å². The maximum absolute atomic E-state index is 12.1. The predicted octanol–water partition coefficient (Wildman–Crippen LogP) is 3.52. The zero-order valence-electron chi connectivity index (χ0n) is 15.1. The molecule has 0 fully saturated rings. The number of carbonyl (C=O) groups excluding carboxylic acids is 1. The summed E-state index contributed by atoms with van der Waals surface area (Å²) in [6.45, 7) is 2.26. The second-order valence-corrected chi connectivity index (χ2v) is 6.52. The van der Waals surface area contributed by atoms with E-state index in [2.05, 4.69) is 15.0 Å². The lowest BCUT2D eigenvalue weighted by Crippen LogP contribution is -2.25. The van der Waals surface area contributed by atoms with Gasteiger partial charge < -0.3 is 4.90 Å². The van der Waals surface area contributed by atoms with Gasteiger partial charge in [0.25, 0.3) is 0 Å². The van der Waals surface area contributed by atoms with Crippen molar-refractivity contribution in [3.63, 3.8) is 0 Å². The van der Waals surface area contributed by atoms with Crippen LogP contribution >= 0.6 is 11.6 Å². The van der Waals surface area contributed by atoms with Gasteiger partial charge in [-0.3, -0.25) is 9.78 Å². The molecule has 1 heterocycles. The van der Waals surface area contributed by atoms with E-state index in [0.717, 1.165) is 11.1 Å². The Labute approximate surface area is 161 Å². The van der Waals surface area contributed by atoms with Crippen molar-refractivity contribution in [1.82, 2.24) is 19.9 Å². The van der Waals surface area contributed by atoms with Crippen LogP contribution in [-0.2, 0) is 11.3 Å². The lowest BCUT2D eigenvalue weighted by Gasteiger charge is -2.17. The van der Waals surface area contributed by atoms with Gasteiger partial charge in [0.05, 0.1) is 5.02 Å². The van der Waals surface area contributed by atoms with Crippen molar-refractivity contribution in [1.29, 1.82) is 0 Å². The molecule has 6 nitrogen and oxygen atoms in total. The van der Waals surface area contributed by atoms with Gasteiger partial charge in [0.2, 0.25) is 5.91 Å². The molecular weight excluding hydrogens is 364 g/mol. The molecule has 0 aliphatic carbocycles. The summed E-state index contributed by atoms with van der Waals surface area (Å²) >= 11 is 6.34. The zero-order chi connectivity index (χ0) is 19.4. The van der Waals surface area contributed by atoms with Crippen molar-refractivity contribution in [2.45, 2.75) is 19.9 Å². The van der Waals surface area contributed by atoms with E-state index in [1.54, 1.807) is 18.0 Å². The summed E-state index contributed by atoms with van der Waals surface area (Å²) < 4.78 is 0. The molecule has 0 bridgehead atoms. The highest BCUT2D eigenvalue weighted by atomic mass is 35.5. The molecule has 27 heavy (non-hydrogen) atoms. The van der Waals surface area contributed by atoms with Crippen molar-refractivity contribution in [3.8, 4) is 22.8 Å². The first-order valence-corrected chi connectivity index (χ1v) is 8.92. The maximum atomic E-state index is 12.1. The molecule has 0 saturated heterocycles. The van der Waals surface area contributed by atoms with E-state index in [1.165, 1.54) is 0 Å². The van der Waals surface area contributed by atoms with Crippen LogP contribution in [0.1, 0.15) is 18.9 Å². The summed E-state index contributed by atoms with van der Waals surface area (Å²) in [5.74, 6) is 0.715. The highest BCUT2D eigenvalue weighted by Gasteiger charge is 2.13. The first-order chi connectivity index (χ1) is 13.0. The van der Waals surface area contributed by atoms with E-state index >= 15 is 0 Å². The topological polar surface area (TPSA) is 79.0 Å². The van der Waals surface area contributed by atoms with Crippen LogP contribution in [0.2, 0.25) is 5.02 Å². The minimum absolute atomic E-state index is 0.0494. The predicted molar refractivity (Wildman–Crippen MR) is 105 cm³/mol. The van der Waals surface area contributed by atoms with Crippen molar-refractivity contribution in [2.75, 3.05) is 7.05 Å². The molecule has 1 N–H and O–H groups in total. The number of H-pyrrole nitrogens is 1. The number of hydrogen-bond donors (Lipinski definition) is 1. The Balaban J connectivity index is 2.01. The number of benzene rings is 2. The molecule has 0 unspecified atom stereocenters. The number of amides is 1. The number of aromatic nitrogens is 3. The maximum Gasteiger partial charge on any atom is 0.348 e. The van der Waals surface area contributed by atoms with Crippen LogP contribution in [0.25, 0.3) is 22.8 Å². The second-order valence-electron chi connectivity index (χ2n) is 6.11. The van der Waals surface area contributed by atoms with E-state index in [4.69, 9.17) is 11.6 Å². The molecule has 1 amide bonds. The Hall–Kier alpha value is -2.99. The van der Waals surface area contributed by atoms with E-state index in [1.807, 2.05) is 49.4 Å². The number of carbonyl (C=O) groups is 1. The fourth-order valence-corrected chi connectivity index (χ4v) is 2.92. The normalized spacial score (nSPS) is 10.6. The second kappa shape index (κ2) is 8.14. The third-order valence-corrected chi connectivity index (χ3v) is 4.45. The van der Waals surface area contributed by atoms with Crippen LogP contribution in [0, 0.1) is 0 Å². The molecule has 0 atom stereocenters. The first-order valence-electron chi connectivity index (χ1n) is 8.54. The van der Waals surface area contributed by atoms with Gasteiger partial charge >= 0.3 is 5.69 Å². The Kier molecular flexibility index (Phi) is 5.66. The lowest BCUT2D eigenvalue weighted by atomic mass is 10.1. The summed E-state index contributed by atoms with van der Waals surface area (Å²) in [6, 6.07) is 14.7. The van der Waals surface area contributed by atoms with Crippen LogP contribution < -0.4 is 5.69 Å². The molecule has 1 aromatic heterocycles. The summed E-state index contributed by atoms with van der Waals surface area (Å²) in [5, 5.41) is 0.455. The van der Waals surface area contributed by atoms with Gasteiger partial charge in [-0.1, -0.05) is 54.9 Å². The summed E-state index contributed by atoms with van der Waals surface area (Å²) in [6.07, 6.45) is 0.441. The molecular formula is C20H19ClN4O2. The monoisotopic (exact) mass is 382 g/mol. The molecule has 3 rings (SSSR count). The van der Waals surface area contributed by atoms with Gasteiger partial charge in [0.15, 0.2) is 5.82 Å². The minimum Gasteiger partial charge on any atom is -0.341 e. The summed E-state index contributed by atoms with van der Waals surface area (Å²) in [5.41, 5.74) is 1.71. The number of nitrogens with zero attached hydrogens (tertiary/aromatic N) is 3. The van der Waals surface area contributed by atoms with Crippen LogP contribution in [-0.4, -0.2) is 32.8 Å². The number of hydrogen-bond acceptors (Lipinski definition) is 4. The third kappa shape index (κ3) is 4.41. The molecule has 3 aromatic rings. The highest BCUT2D eigenvalue weighted by Crippen LogP contribution is 2.27. The Bertz CT molecular complexity index is 1020. The van der Waals surface area contributed by atoms with E-state index in [0.29, 0.717) is 35.2 Å². The molecule has 0 radical (unpaired) electrons. The number of halogens is 1. The van der Waals surface area contributed by atoms with Crippen LogP contribution in [0.5, 0.6) is 0 Å². The van der Waals surface area contributed by atoms with Crippen molar-refractivity contribution in [3.05, 3.63) is 69.6 Å². The van der Waals surface area contributed by atoms with Gasteiger partial charge in [0, 0.05) is 31.1 Å². The first kappa shape index (κ1) is 18.8. The number of rotatable bonds is 5. The lowest BCUT2D eigenvalue weighted by molar-refractivity contribution is -0.130. The van der Waals surface area contributed by atoms with Gasteiger partial charge in [0.1, 0.15) is 5.82 Å². The smallest absolute Gasteiger partial charge is 0.341 e. The summed E-state index contributed by atoms with van der Waals surface area (Å²) in [4.78, 5) is 36.6. The SMILES string of the molecule is CCC(=O)N(C)Cc1ccc(Cl)c(-c2nc(-c3ccccc3)nc(=O)[nH]2)c1. The molecule has 138 valence electrons. The van der Waals surface area contributed by atoms with Crippen molar-refractivity contribution >= 4 is 17.5 Å². The molecule has 2 aromatic carbocycles.